The lowest BCUT2D eigenvalue weighted by molar-refractivity contribution is 0.0942. The Morgan fingerprint density at radius 3 is 2.65 bits per heavy atom. The van der Waals surface area contributed by atoms with Crippen molar-refractivity contribution in [3.63, 3.8) is 0 Å². The van der Waals surface area contributed by atoms with Gasteiger partial charge in [-0.15, -0.1) is 11.3 Å². The smallest absolute Gasteiger partial charge is 0.331 e. The van der Waals surface area contributed by atoms with Gasteiger partial charge in [0.1, 0.15) is 21.2 Å². The number of hydrogen-bond donors (Lipinski definition) is 3. The van der Waals surface area contributed by atoms with E-state index >= 15 is 0 Å². The lowest BCUT2D eigenvalue weighted by Crippen LogP contribution is -2.37. The largest absolute Gasteiger partial charge is 0.457 e. The quantitative estimate of drug-likeness (QED) is 0.296. The number of rotatable bonds is 6. The van der Waals surface area contributed by atoms with E-state index in [1.54, 1.807) is 11.1 Å². The Kier molecular flexibility index (Phi) is 6.02. The monoisotopic (exact) mass is 513 g/mol. The van der Waals surface area contributed by atoms with Gasteiger partial charge < -0.3 is 20.7 Å². The number of anilines is 3. The minimum Gasteiger partial charge on any atom is -0.457 e. The molecule has 1 aliphatic heterocycles. The van der Waals surface area contributed by atoms with E-state index in [9.17, 15) is 9.59 Å². The number of carbonyl (C=O) groups is 2. The number of ether oxygens (including phenoxy) is 1. The molecule has 188 valence electrons. The highest BCUT2D eigenvalue weighted by atomic mass is 32.1. The van der Waals surface area contributed by atoms with Crippen molar-refractivity contribution in [3.8, 4) is 11.5 Å². The van der Waals surface area contributed by atoms with Gasteiger partial charge >= 0.3 is 6.03 Å². The lowest BCUT2D eigenvalue weighted by Gasteiger charge is -2.29. The summed E-state index contributed by atoms with van der Waals surface area (Å²) in [7, 11) is 1.95. The van der Waals surface area contributed by atoms with Crippen molar-refractivity contribution < 1.29 is 14.3 Å². The van der Waals surface area contributed by atoms with E-state index in [4.69, 9.17) is 4.74 Å². The summed E-state index contributed by atoms with van der Waals surface area (Å²) in [5.74, 6) is 1.26. The lowest BCUT2D eigenvalue weighted by atomic mass is 10.1. The van der Waals surface area contributed by atoms with Gasteiger partial charge in [-0.2, -0.15) is 0 Å². The number of hydrogen-bond acceptors (Lipinski definition) is 6. The van der Waals surface area contributed by atoms with Crippen molar-refractivity contribution in [3.05, 3.63) is 71.2 Å². The van der Waals surface area contributed by atoms with Gasteiger partial charge in [0.2, 0.25) is 0 Å². The first kappa shape index (κ1) is 23.4. The van der Waals surface area contributed by atoms with Gasteiger partial charge in [0.05, 0.1) is 22.4 Å². The van der Waals surface area contributed by atoms with E-state index in [1.165, 1.54) is 11.3 Å². The summed E-state index contributed by atoms with van der Waals surface area (Å²) in [6, 6.07) is 17.2. The van der Waals surface area contributed by atoms with Crippen molar-refractivity contribution >= 4 is 50.6 Å². The summed E-state index contributed by atoms with van der Waals surface area (Å²) in [4.78, 5) is 34.1. The third-order valence-electron chi connectivity index (χ3n) is 7.02. The van der Waals surface area contributed by atoms with Crippen LogP contribution in [-0.4, -0.2) is 36.1 Å². The van der Waals surface area contributed by atoms with Crippen molar-refractivity contribution in [1.82, 2.24) is 15.6 Å². The predicted molar refractivity (Wildman–Crippen MR) is 146 cm³/mol. The van der Waals surface area contributed by atoms with Crippen molar-refractivity contribution in [1.29, 1.82) is 0 Å². The maximum atomic E-state index is 13.5. The molecule has 0 spiro atoms. The number of thiophene rings is 1. The van der Waals surface area contributed by atoms with Crippen molar-refractivity contribution in [2.75, 3.05) is 17.3 Å². The molecule has 2 aliphatic rings. The van der Waals surface area contributed by atoms with Crippen LogP contribution in [0.4, 0.5) is 21.9 Å². The normalized spacial score (nSPS) is 18.6. The van der Waals surface area contributed by atoms with E-state index in [-0.39, 0.29) is 18.0 Å². The Hall–Kier alpha value is -3.95. The molecule has 2 unspecified atom stereocenters. The third-order valence-corrected chi connectivity index (χ3v) is 8.11. The minimum absolute atomic E-state index is 0.116. The molecule has 0 bridgehead atoms. The zero-order valence-electron chi connectivity index (χ0n) is 20.6. The Morgan fingerprint density at radius 2 is 1.89 bits per heavy atom. The fraction of sp³-hybridized carbons (Fsp3) is 0.250. The molecule has 37 heavy (non-hydrogen) atoms. The molecular weight excluding hydrogens is 486 g/mol. The minimum atomic E-state index is -0.316. The van der Waals surface area contributed by atoms with E-state index in [0.717, 1.165) is 41.6 Å². The maximum Gasteiger partial charge on any atom is 0.331 e. The molecule has 9 heteroatoms. The second-order valence-electron chi connectivity index (χ2n) is 9.41. The number of nitrogens with zero attached hydrogens (tertiary/aromatic N) is 2. The Morgan fingerprint density at radius 1 is 1.08 bits per heavy atom. The number of aromatic nitrogens is 1. The SMILES string of the molecule is CNC1CCC(NC(=O)c2sc3nccc4c3c2NC(=O)N4c2ccc(Oc3ccccc3)cc2C)C1. The van der Waals surface area contributed by atoms with E-state index < -0.39 is 0 Å². The van der Waals surface area contributed by atoms with E-state index in [0.29, 0.717) is 32.9 Å². The molecule has 6 rings (SSSR count). The molecule has 0 saturated heterocycles. The third kappa shape index (κ3) is 4.30. The first-order valence-corrected chi connectivity index (χ1v) is 13.2. The van der Waals surface area contributed by atoms with Crippen LogP contribution in [0.15, 0.2) is 60.8 Å². The van der Waals surface area contributed by atoms with Crippen LogP contribution < -0.4 is 25.6 Å². The Labute approximate surface area is 218 Å². The molecule has 3 amide bonds. The highest BCUT2D eigenvalue weighted by Crippen LogP contribution is 2.46. The number of benzene rings is 2. The summed E-state index contributed by atoms with van der Waals surface area (Å²) in [5.41, 5.74) is 2.85. The molecule has 1 saturated carbocycles. The maximum absolute atomic E-state index is 13.5. The Bertz CT molecular complexity index is 1500. The summed E-state index contributed by atoms with van der Waals surface area (Å²) in [5, 5.41) is 10.2. The fourth-order valence-electron chi connectivity index (χ4n) is 5.18. The van der Waals surface area contributed by atoms with Gasteiger partial charge in [0.25, 0.3) is 5.91 Å². The van der Waals surface area contributed by atoms with Gasteiger partial charge in [-0.3, -0.25) is 9.69 Å². The van der Waals surface area contributed by atoms with Crippen LogP contribution in [0.3, 0.4) is 0 Å². The van der Waals surface area contributed by atoms with Gasteiger partial charge in [-0.25, -0.2) is 9.78 Å². The number of aryl methyl sites for hydroxylation is 1. The summed E-state index contributed by atoms with van der Waals surface area (Å²) < 4.78 is 5.96. The van der Waals surface area contributed by atoms with Gasteiger partial charge in [-0.05, 0) is 75.2 Å². The average molecular weight is 514 g/mol. The molecule has 1 fully saturated rings. The highest BCUT2D eigenvalue weighted by Gasteiger charge is 2.34. The van der Waals surface area contributed by atoms with Gasteiger partial charge in [-0.1, -0.05) is 18.2 Å². The second kappa shape index (κ2) is 9.49. The number of carbonyl (C=O) groups excluding carboxylic acids is 2. The van der Waals surface area contributed by atoms with Gasteiger partial charge in [0.15, 0.2) is 0 Å². The van der Waals surface area contributed by atoms with Crippen LogP contribution >= 0.6 is 11.3 Å². The Balaban J connectivity index is 1.32. The molecule has 0 radical (unpaired) electrons. The molecule has 4 aromatic rings. The highest BCUT2D eigenvalue weighted by molar-refractivity contribution is 7.21. The molecule has 3 heterocycles. The van der Waals surface area contributed by atoms with E-state index in [1.807, 2.05) is 68.6 Å². The molecule has 2 aromatic carbocycles. The first-order chi connectivity index (χ1) is 18.0. The topological polar surface area (TPSA) is 95.6 Å². The predicted octanol–water partition coefficient (Wildman–Crippen LogP) is 5.95. The first-order valence-electron chi connectivity index (χ1n) is 12.4. The number of urea groups is 1. The zero-order chi connectivity index (χ0) is 25.5. The number of pyridine rings is 1. The number of para-hydroxylation sites is 1. The number of nitrogens with one attached hydrogen (secondary N) is 3. The van der Waals surface area contributed by atoms with Crippen LogP contribution in [0, 0.1) is 6.92 Å². The summed E-state index contributed by atoms with van der Waals surface area (Å²) >= 11 is 1.31. The summed E-state index contributed by atoms with van der Waals surface area (Å²) in [6.45, 7) is 1.95. The fourth-order valence-corrected chi connectivity index (χ4v) is 6.20. The van der Waals surface area contributed by atoms with Crippen LogP contribution in [-0.2, 0) is 0 Å². The van der Waals surface area contributed by atoms with Crippen LogP contribution in [0.1, 0.15) is 34.5 Å². The standard InChI is InChI=1S/C28H27N5O3S/c1-16-14-20(36-19-6-4-3-5-7-19)10-11-21(16)33-22-12-13-30-27-23(22)24(32-28(33)35)25(37-27)26(34)31-18-9-8-17(15-18)29-2/h3-7,10-14,17-18,29H,8-9,15H2,1-2H3,(H,31,34)(H,32,35). The zero-order valence-corrected chi connectivity index (χ0v) is 21.4. The summed E-state index contributed by atoms with van der Waals surface area (Å²) in [6.07, 6.45) is 4.55. The molecule has 8 nitrogen and oxygen atoms in total. The van der Waals surface area contributed by atoms with E-state index in [2.05, 4.69) is 20.9 Å². The number of amides is 3. The molecule has 2 atom stereocenters. The molecular formula is C28H27N5O3S. The molecule has 1 aliphatic carbocycles. The molecule has 2 aromatic heterocycles. The van der Waals surface area contributed by atoms with Crippen LogP contribution in [0.25, 0.3) is 10.2 Å². The van der Waals surface area contributed by atoms with Crippen molar-refractivity contribution in [2.24, 2.45) is 0 Å². The average Bonchev–Trinajstić information content (AvgIpc) is 3.51. The van der Waals surface area contributed by atoms with Crippen molar-refractivity contribution in [2.45, 2.75) is 38.3 Å². The second-order valence-corrected chi connectivity index (χ2v) is 10.4. The van der Waals surface area contributed by atoms with Gasteiger partial charge in [0, 0.05) is 18.3 Å². The van der Waals surface area contributed by atoms with Crippen LogP contribution in [0.2, 0.25) is 0 Å². The molecule has 3 N–H and O–H groups in total. The van der Waals surface area contributed by atoms with Crippen LogP contribution in [0.5, 0.6) is 11.5 Å².